The molecule has 1 spiro atoms. The van der Waals surface area contributed by atoms with Gasteiger partial charge in [0.1, 0.15) is 23.3 Å². The van der Waals surface area contributed by atoms with Gasteiger partial charge in [-0.25, -0.2) is 0 Å². The average Bonchev–Trinajstić information content (AvgIpc) is 3.52. The summed E-state index contributed by atoms with van der Waals surface area (Å²) in [4.78, 5) is 64.5. The van der Waals surface area contributed by atoms with Crippen molar-refractivity contribution in [3.05, 3.63) is 11.6 Å². The van der Waals surface area contributed by atoms with E-state index in [0.29, 0.717) is 19.3 Å². The number of rotatable bonds is 7. The predicted molar refractivity (Wildman–Crippen MR) is 146 cm³/mol. The molecule has 4 aliphatic carbocycles. The van der Waals surface area contributed by atoms with Crippen LogP contribution in [-0.4, -0.2) is 62.9 Å². The lowest BCUT2D eigenvalue weighted by molar-refractivity contribution is -0.170. The summed E-state index contributed by atoms with van der Waals surface area (Å²) in [5.74, 6) is -3.95. The fourth-order valence-corrected chi connectivity index (χ4v) is 9.97. The second-order valence-electron chi connectivity index (χ2n) is 15.0. The van der Waals surface area contributed by atoms with Gasteiger partial charge in [0, 0.05) is 37.5 Å². The number of ether oxygens (including phenoxy) is 2. The molecule has 0 bridgehead atoms. The molecule has 4 fully saturated rings. The van der Waals surface area contributed by atoms with Crippen molar-refractivity contribution < 1.29 is 43.7 Å². The Kier molecular flexibility index (Phi) is 6.47. The maximum Gasteiger partial charge on any atom is 0.306 e. The van der Waals surface area contributed by atoms with Crippen LogP contribution in [0.4, 0.5) is 0 Å². The highest BCUT2D eigenvalue weighted by Crippen LogP contribution is 2.79. The lowest BCUT2D eigenvalue weighted by Crippen LogP contribution is -2.66. The zero-order chi connectivity index (χ0) is 30.7. The molecule has 2 N–H and O–H groups in total. The zero-order valence-corrected chi connectivity index (χ0v) is 25.5. The van der Waals surface area contributed by atoms with Gasteiger partial charge in [0.15, 0.2) is 5.78 Å². The van der Waals surface area contributed by atoms with Crippen LogP contribution >= 0.6 is 0 Å². The molecule has 1 aliphatic heterocycles. The molecule has 0 radical (unpaired) electrons. The van der Waals surface area contributed by atoms with Gasteiger partial charge < -0.3 is 19.7 Å². The van der Waals surface area contributed by atoms with Crippen LogP contribution in [0, 0.1) is 39.4 Å². The molecular weight excluding hydrogens is 528 g/mol. The monoisotopic (exact) mass is 572 g/mol. The van der Waals surface area contributed by atoms with Gasteiger partial charge in [-0.1, -0.05) is 34.6 Å². The standard InChI is InChI=1S/C32H44O9/c1-16(26(37)38)11-18(34)15-29(6,39)21-13-23(36)31(8)30(21,7)22(35)12-20-28(5)10-9-24(40-17(2)33)27(3,4)19(28)14-25-32(20,31)41-25/h12,16,19,21,24-25,39H,9-11,13-15H2,1-8H3,(H,37,38)/t16?,19-,21+,24-,25-,28-,29?,30-,31+,32+/m0/s1. The largest absolute Gasteiger partial charge is 0.481 e. The van der Waals surface area contributed by atoms with Crippen molar-refractivity contribution in [3.8, 4) is 0 Å². The summed E-state index contributed by atoms with van der Waals surface area (Å²) >= 11 is 0. The maximum atomic E-state index is 14.3. The molecule has 10 atom stereocenters. The maximum absolute atomic E-state index is 14.3. The zero-order valence-electron chi connectivity index (χ0n) is 25.5. The third-order valence-electron chi connectivity index (χ3n) is 12.4. The first kappa shape index (κ1) is 30.1. The second kappa shape index (κ2) is 8.82. The number of ketones is 3. The van der Waals surface area contributed by atoms with Gasteiger partial charge in [0.05, 0.1) is 28.5 Å². The van der Waals surface area contributed by atoms with Gasteiger partial charge in [0.2, 0.25) is 0 Å². The normalized spacial score (nSPS) is 44.3. The SMILES string of the molecule is CC(=O)O[C@H]1CC[C@]2(C)C3=CC(=O)[C@]4(C)[C@@H](C(C)(O)CC(=O)CC(C)C(=O)O)CC(=O)[C@@]4(C)[C@@]34O[C@H]4C[C@H]2C1(C)C. The van der Waals surface area contributed by atoms with Crippen LogP contribution in [0.1, 0.15) is 93.9 Å². The molecule has 1 heterocycles. The number of carbonyl (C=O) groups excluding carboxylic acids is 4. The minimum absolute atomic E-state index is 0.0463. The van der Waals surface area contributed by atoms with Crippen LogP contribution in [-0.2, 0) is 33.4 Å². The van der Waals surface area contributed by atoms with Gasteiger partial charge in [-0.05, 0) is 56.1 Å². The molecule has 2 unspecified atom stereocenters. The van der Waals surface area contributed by atoms with Gasteiger partial charge in [-0.15, -0.1) is 0 Å². The second-order valence-corrected chi connectivity index (χ2v) is 15.0. The van der Waals surface area contributed by atoms with Crippen molar-refractivity contribution in [3.63, 3.8) is 0 Å². The smallest absolute Gasteiger partial charge is 0.306 e. The number of Topliss-reactive ketones (excluding diaryl/α,β-unsaturated/α-hetero) is 2. The number of aliphatic carboxylic acids is 1. The quantitative estimate of drug-likeness (QED) is 0.343. The number of carboxylic acid groups (broad SMARTS) is 1. The molecule has 0 aromatic rings. The third kappa shape index (κ3) is 3.69. The van der Waals surface area contributed by atoms with Gasteiger partial charge >= 0.3 is 11.9 Å². The molecule has 9 nitrogen and oxygen atoms in total. The molecule has 226 valence electrons. The van der Waals surface area contributed by atoms with Crippen molar-refractivity contribution in [1.82, 2.24) is 0 Å². The molecule has 3 saturated carbocycles. The van der Waals surface area contributed by atoms with E-state index in [0.717, 1.165) is 5.57 Å². The minimum Gasteiger partial charge on any atom is -0.481 e. The fourth-order valence-electron chi connectivity index (χ4n) is 9.97. The van der Waals surface area contributed by atoms with E-state index in [1.165, 1.54) is 20.8 Å². The number of hydrogen-bond acceptors (Lipinski definition) is 8. The summed E-state index contributed by atoms with van der Waals surface area (Å²) in [6.07, 6.45) is 2.40. The van der Waals surface area contributed by atoms with Crippen molar-refractivity contribution >= 4 is 29.3 Å². The van der Waals surface area contributed by atoms with Crippen LogP contribution in [0.15, 0.2) is 11.6 Å². The molecule has 41 heavy (non-hydrogen) atoms. The molecule has 0 aromatic heterocycles. The molecular formula is C32H44O9. The Hall–Kier alpha value is -2.39. The number of epoxide rings is 1. The number of esters is 1. The van der Waals surface area contributed by atoms with E-state index < -0.39 is 51.0 Å². The van der Waals surface area contributed by atoms with E-state index in [9.17, 15) is 34.2 Å². The first-order valence-corrected chi connectivity index (χ1v) is 14.8. The highest BCUT2D eigenvalue weighted by Gasteiger charge is 2.86. The molecule has 1 saturated heterocycles. The highest BCUT2D eigenvalue weighted by atomic mass is 16.6. The average molecular weight is 573 g/mol. The van der Waals surface area contributed by atoms with Gasteiger partial charge in [0.25, 0.3) is 0 Å². The summed E-state index contributed by atoms with van der Waals surface area (Å²) in [6.45, 7) is 14.2. The summed E-state index contributed by atoms with van der Waals surface area (Å²) in [7, 11) is 0. The van der Waals surface area contributed by atoms with E-state index in [4.69, 9.17) is 9.47 Å². The summed E-state index contributed by atoms with van der Waals surface area (Å²) in [6, 6.07) is 0. The number of allylic oxidation sites excluding steroid dienone is 1. The first-order valence-electron chi connectivity index (χ1n) is 14.8. The summed E-state index contributed by atoms with van der Waals surface area (Å²) in [5, 5.41) is 20.9. The van der Waals surface area contributed by atoms with E-state index in [-0.39, 0.29) is 60.3 Å². The van der Waals surface area contributed by atoms with E-state index >= 15 is 0 Å². The Balaban J connectivity index is 1.54. The third-order valence-corrected chi connectivity index (χ3v) is 12.4. The summed E-state index contributed by atoms with van der Waals surface area (Å²) in [5.41, 5.74) is -5.26. The number of hydrogen-bond donors (Lipinski definition) is 2. The lowest BCUT2D eigenvalue weighted by Gasteiger charge is -2.61. The molecule has 5 aliphatic rings. The lowest BCUT2D eigenvalue weighted by atomic mass is 9.40. The van der Waals surface area contributed by atoms with Crippen LogP contribution < -0.4 is 0 Å². The van der Waals surface area contributed by atoms with Crippen LogP contribution in [0.3, 0.4) is 0 Å². The van der Waals surface area contributed by atoms with Gasteiger partial charge in [-0.2, -0.15) is 0 Å². The number of carbonyl (C=O) groups is 5. The van der Waals surface area contributed by atoms with Crippen LogP contribution in [0.2, 0.25) is 0 Å². The van der Waals surface area contributed by atoms with Crippen molar-refractivity contribution in [1.29, 1.82) is 0 Å². The van der Waals surface area contributed by atoms with Gasteiger partial charge in [-0.3, -0.25) is 24.0 Å². The highest BCUT2D eigenvalue weighted by molar-refractivity contribution is 6.08. The molecule has 0 aromatic carbocycles. The van der Waals surface area contributed by atoms with E-state index in [2.05, 4.69) is 20.8 Å². The number of fused-ring (bicyclic) bond motifs is 3. The molecule has 0 amide bonds. The predicted octanol–water partition coefficient (Wildman–Crippen LogP) is 3.83. The van der Waals surface area contributed by atoms with Crippen molar-refractivity contribution in [2.45, 2.75) is 117 Å². The Labute approximate surface area is 241 Å². The Morgan fingerprint density at radius 2 is 1.80 bits per heavy atom. The Morgan fingerprint density at radius 3 is 2.39 bits per heavy atom. The van der Waals surface area contributed by atoms with E-state index in [1.54, 1.807) is 13.0 Å². The number of carboxylic acids is 1. The van der Waals surface area contributed by atoms with Crippen molar-refractivity contribution in [2.75, 3.05) is 0 Å². The fraction of sp³-hybridized carbons (Fsp3) is 0.781. The molecule has 9 heteroatoms. The topological polar surface area (TPSA) is 148 Å². The number of aliphatic hydroxyl groups is 1. The minimum atomic E-state index is -1.70. The van der Waals surface area contributed by atoms with Crippen LogP contribution in [0.5, 0.6) is 0 Å². The van der Waals surface area contributed by atoms with Crippen molar-refractivity contribution in [2.24, 2.45) is 39.4 Å². The molecule has 5 rings (SSSR count). The Bertz CT molecular complexity index is 1280. The van der Waals surface area contributed by atoms with E-state index in [1.807, 2.05) is 6.92 Å². The van der Waals surface area contributed by atoms with Crippen LogP contribution in [0.25, 0.3) is 0 Å². The summed E-state index contributed by atoms with van der Waals surface area (Å²) < 4.78 is 12.3. The Morgan fingerprint density at radius 1 is 1.17 bits per heavy atom. The first-order chi connectivity index (χ1) is 18.7.